The Morgan fingerprint density at radius 3 is 2.06 bits per heavy atom. The zero-order chi connectivity index (χ0) is 13.5. The smallest absolute Gasteiger partial charge is 0.0808 e. The molecule has 0 bridgehead atoms. The first-order chi connectivity index (χ1) is 8.85. The number of hydrogen-bond acceptors (Lipinski definition) is 0. The molecule has 0 nitrogen and oxygen atoms in total. The van der Waals surface area contributed by atoms with E-state index in [1.165, 1.54) is 57.8 Å². The fourth-order valence-electron chi connectivity index (χ4n) is 1.98. The highest BCUT2D eigenvalue weighted by atomic mass is 14.0. The molecule has 0 saturated heterocycles. The predicted octanol–water partition coefficient (Wildman–Crippen LogP) is 5.57. The lowest BCUT2D eigenvalue weighted by molar-refractivity contribution is 0.587. The van der Waals surface area contributed by atoms with E-state index >= 15 is 0 Å². The standard InChI is InChI=1S/C18H30/c1-4-7-9-11-13-15-17-18(6-3)16-14-12-10-8-5-2/h3,18H,4-5,7-14,16H2,1-2H3. The fraction of sp³-hybridized carbons (Fsp3) is 0.778. The first-order valence-electron chi connectivity index (χ1n) is 7.79. The van der Waals surface area contributed by atoms with Crippen LogP contribution in [0.25, 0.3) is 0 Å². The topological polar surface area (TPSA) is 0 Å². The molecular weight excluding hydrogens is 216 g/mol. The van der Waals surface area contributed by atoms with Gasteiger partial charge in [-0.15, -0.1) is 12.3 Å². The van der Waals surface area contributed by atoms with E-state index in [1.807, 2.05) is 0 Å². The van der Waals surface area contributed by atoms with Crippen LogP contribution in [0.3, 0.4) is 0 Å². The minimum Gasteiger partial charge on any atom is -0.119 e. The van der Waals surface area contributed by atoms with Crippen molar-refractivity contribution in [3.05, 3.63) is 0 Å². The van der Waals surface area contributed by atoms with Gasteiger partial charge in [0.15, 0.2) is 0 Å². The third kappa shape index (κ3) is 11.6. The van der Waals surface area contributed by atoms with Crippen molar-refractivity contribution in [1.82, 2.24) is 0 Å². The lowest BCUT2D eigenvalue weighted by atomic mass is 10.0. The normalized spacial score (nSPS) is 11.4. The lowest BCUT2D eigenvalue weighted by Crippen LogP contribution is -1.93. The van der Waals surface area contributed by atoms with Gasteiger partial charge in [-0.3, -0.25) is 0 Å². The molecule has 0 fully saturated rings. The van der Waals surface area contributed by atoms with Gasteiger partial charge in [0.1, 0.15) is 0 Å². The van der Waals surface area contributed by atoms with Crippen LogP contribution in [0.2, 0.25) is 0 Å². The van der Waals surface area contributed by atoms with Crippen LogP contribution in [0.1, 0.15) is 84.5 Å². The van der Waals surface area contributed by atoms with Gasteiger partial charge in [0.05, 0.1) is 5.92 Å². The van der Waals surface area contributed by atoms with Crippen LogP contribution in [-0.2, 0) is 0 Å². The van der Waals surface area contributed by atoms with Crippen molar-refractivity contribution in [3.8, 4) is 24.2 Å². The third-order valence-electron chi connectivity index (χ3n) is 3.23. The molecule has 0 heteroatoms. The Labute approximate surface area is 115 Å². The van der Waals surface area contributed by atoms with E-state index in [-0.39, 0.29) is 5.92 Å². The quantitative estimate of drug-likeness (QED) is 0.349. The second-order valence-corrected chi connectivity index (χ2v) is 5.05. The minimum atomic E-state index is 0.192. The monoisotopic (exact) mass is 246 g/mol. The molecular formula is C18H30. The molecule has 18 heavy (non-hydrogen) atoms. The molecule has 0 aliphatic heterocycles. The number of terminal acetylenes is 1. The summed E-state index contributed by atoms with van der Waals surface area (Å²) in [4.78, 5) is 0. The molecule has 0 spiro atoms. The van der Waals surface area contributed by atoms with E-state index in [1.54, 1.807) is 0 Å². The van der Waals surface area contributed by atoms with E-state index in [0.717, 1.165) is 12.8 Å². The molecule has 102 valence electrons. The Balaban J connectivity index is 3.57. The van der Waals surface area contributed by atoms with Gasteiger partial charge in [0, 0.05) is 6.42 Å². The fourth-order valence-corrected chi connectivity index (χ4v) is 1.98. The van der Waals surface area contributed by atoms with Crippen molar-refractivity contribution in [3.63, 3.8) is 0 Å². The van der Waals surface area contributed by atoms with Crippen molar-refractivity contribution >= 4 is 0 Å². The van der Waals surface area contributed by atoms with Crippen LogP contribution in [0, 0.1) is 30.1 Å². The van der Waals surface area contributed by atoms with Gasteiger partial charge in [0.25, 0.3) is 0 Å². The Morgan fingerprint density at radius 2 is 1.44 bits per heavy atom. The highest BCUT2D eigenvalue weighted by molar-refractivity contribution is 5.14. The third-order valence-corrected chi connectivity index (χ3v) is 3.23. The zero-order valence-corrected chi connectivity index (χ0v) is 12.4. The van der Waals surface area contributed by atoms with E-state index < -0.39 is 0 Å². The van der Waals surface area contributed by atoms with E-state index in [4.69, 9.17) is 6.42 Å². The summed E-state index contributed by atoms with van der Waals surface area (Å²) in [7, 11) is 0. The molecule has 0 aromatic carbocycles. The van der Waals surface area contributed by atoms with E-state index in [0.29, 0.717) is 0 Å². The van der Waals surface area contributed by atoms with Crippen LogP contribution in [0.15, 0.2) is 0 Å². The summed E-state index contributed by atoms with van der Waals surface area (Å²) < 4.78 is 0. The Morgan fingerprint density at radius 1 is 0.833 bits per heavy atom. The van der Waals surface area contributed by atoms with Crippen LogP contribution < -0.4 is 0 Å². The zero-order valence-electron chi connectivity index (χ0n) is 12.4. The lowest BCUT2D eigenvalue weighted by Gasteiger charge is -2.02. The summed E-state index contributed by atoms with van der Waals surface area (Å²) in [5.41, 5.74) is 0. The molecule has 0 saturated carbocycles. The summed E-state index contributed by atoms with van der Waals surface area (Å²) in [6.07, 6.45) is 19.3. The van der Waals surface area contributed by atoms with Crippen LogP contribution >= 0.6 is 0 Å². The van der Waals surface area contributed by atoms with Crippen LogP contribution in [-0.4, -0.2) is 0 Å². The van der Waals surface area contributed by atoms with Gasteiger partial charge in [0.2, 0.25) is 0 Å². The van der Waals surface area contributed by atoms with E-state index in [9.17, 15) is 0 Å². The maximum absolute atomic E-state index is 5.52. The predicted molar refractivity (Wildman–Crippen MR) is 82.2 cm³/mol. The first-order valence-corrected chi connectivity index (χ1v) is 7.79. The molecule has 0 aliphatic carbocycles. The second-order valence-electron chi connectivity index (χ2n) is 5.05. The van der Waals surface area contributed by atoms with Crippen molar-refractivity contribution in [2.45, 2.75) is 84.5 Å². The van der Waals surface area contributed by atoms with E-state index in [2.05, 4.69) is 31.6 Å². The molecule has 0 aromatic rings. The Kier molecular flexibility index (Phi) is 13.5. The maximum atomic E-state index is 5.52. The van der Waals surface area contributed by atoms with Gasteiger partial charge >= 0.3 is 0 Å². The van der Waals surface area contributed by atoms with Gasteiger partial charge < -0.3 is 0 Å². The average Bonchev–Trinajstić information content (AvgIpc) is 2.40. The summed E-state index contributed by atoms with van der Waals surface area (Å²) in [5, 5.41) is 0. The largest absolute Gasteiger partial charge is 0.119 e. The highest BCUT2D eigenvalue weighted by Crippen LogP contribution is 2.10. The molecule has 0 heterocycles. The molecule has 0 rings (SSSR count). The van der Waals surface area contributed by atoms with Crippen molar-refractivity contribution in [1.29, 1.82) is 0 Å². The van der Waals surface area contributed by atoms with Crippen molar-refractivity contribution in [2.24, 2.45) is 5.92 Å². The molecule has 0 aliphatic rings. The van der Waals surface area contributed by atoms with Gasteiger partial charge in [-0.05, 0) is 12.8 Å². The average molecular weight is 246 g/mol. The SMILES string of the molecule is C#CC(C#CCCCCCC)CCCCCCC. The number of hydrogen-bond donors (Lipinski definition) is 0. The van der Waals surface area contributed by atoms with Crippen LogP contribution in [0.5, 0.6) is 0 Å². The second kappa shape index (κ2) is 14.2. The van der Waals surface area contributed by atoms with Crippen molar-refractivity contribution < 1.29 is 0 Å². The summed E-state index contributed by atoms with van der Waals surface area (Å²) >= 11 is 0. The first kappa shape index (κ1) is 17.1. The number of rotatable bonds is 10. The molecule has 0 aromatic heterocycles. The van der Waals surface area contributed by atoms with Gasteiger partial charge in [-0.25, -0.2) is 0 Å². The molecule has 1 atom stereocenters. The molecule has 0 radical (unpaired) electrons. The summed E-state index contributed by atoms with van der Waals surface area (Å²) in [5.74, 6) is 9.52. The molecule has 0 amide bonds. The van der Waals surface area contributed by atoms with Gasteiger partial charge in [-0.1, -0.05) is 77.1 Å². The Bertz CT molecular complexity index is 258. The van der Waals surface area contributed by atoms with Crippen molar-refractivity contribution in [2.75, 3.05) is 0 Å². The highest BCUT2D eigenvalue weighted by Gasteiger charge is 1.99. The minimum absolute atomic E-state index is 0.192. The molecule has 1 unspecified atom stereocenters. The summed E-state index contributed by atoms with van der Waals surface area (Å²) in [6, 6.07) is 0. The number of unbranched alkanes of at least 4 members (excludes halogenated alkanes) is 8. The Hall–Kier alpha value is -0.880. The van der Waals surface area contributed by atoms with Crippen LogP contribution in [0.4, 0.5) is 0 Å². The molecule has 0 N–H and O–H groups in total. The maximum Gasteiger partial charge on any atom is 0.0808 e. The summed E-state index contributed by atoms with van der Waals surface area (Å²) in [6.45, 7) is 4.48. The van der Waals surface area contributed by atoms with Gasteiger partial charge in [-0.2, -0.15) is 0 Å².